The van der Waals surface area contributed by atoms with E-state index < -0.39 is 22.5 Å². The van der Waals surface area contributed by atoms with Gasteiger partial charge in [0, 0.05) is 5.02 Å². The number of anilines is 2. The number of benzene rings is 2. The van der Waals surface area contributed by atoms with Crippen molar-refractivity contribution in [3.05, 3.63) is 58.8 Å². The first-order valence-electron chi connectivity index (χ1n) is 7.71. The lowest BCUT2D eigenvalue weighted by Crippen LogP contribution is -2.41. The minimum Gasteiger partial charge on any atom is -0.597 e. The molecule has 142 valence electrons. The number of carbonyl (C=O) groups excluding carboxylic acids is 1. The average Bonchev–Trinajstić information content (AvgIpc) is 3.03. The van der Waals surface area contributed by atoms with Crippen LogP contribution in [0.1, 0.15) is 0 Å². The minimum atomic E-state index is -3.93. The second-order valence-electron chi connectivity index (χ2n) is 5.53. The van der Waals surface area contributed by atoms with Crippen molar-refractivity contribution >= 4 is 38.9 Å². The van der Waals surface area contributed by atoms with Crippen molar-refractivity contribution in [3.8, 4) is 0 Å². The zero-order valence-corrected chi connectivity index (χ0v) is 15.7. The van der Waals surface area contributed by atoms with Gasteiger partial charge >= 0.3 is 0 Å². The highest BCUT2D eigenvalue weighted by Gasteiger charge is 2.38. The van der Waals surface area contributed by atoms with Crippen molar-refractivity contribution < 1.29 is 22.9 Å². The van der Waals surface area contributed by atoms with Gasteiger partial charge in [-0.1, -0.05) is 23.7 Å². The van der Waals surface area contributed by atoms with Crippen LogP contribution in [0.4, 0.5) is 11.4 Å². The number of sulfonamides is 1. The van der Waals surface area contributed by atoms with Gasteiger partial charge in [-0.25, -0.2) is 12.7 Å². The molecule has 3 rings (SSSR count). The number of nitrogens with zero attached hydrogens (tertiary/aromatic N) is 4. The third-order valence-corrected chi connectivity index (χ3v) is 5.87. The van der Waals surface area contributed by atoms with Crippen LogP contribution in [0.3, 0.4) is 0 Å². The van der Waals surface area contributed by atoms with E-state index in [9.17, 15) is 18.4 Å². The summed E-state index contributed by atoms with van der Waals surface area (Å²) in [5, 5.41) is 15.0. The molecule has 0 atom stereocenters. The van der Waals surface area contributed by atoms with Crippen molar-refractivity contribution in [1.82, 2.24) is 0 Å². The van der Waals surface area contributed by atoms with Crippen molar-refractivity contribution in [1.29, 1.82) is 0 Å². The molecular weight excluding hydrogens is 396 g/mol. The summed E-state index contributed by atoms with van der Waals surface area (Å²) in [6, 6.07) is 12.3. The van der Waals surface area contributed by atoms with Crippen LogP contribution in [0.25, 0.3) is 0 Å². The molecule has 2 aromatic rings. The van der Waals surface area contributed by atoms with Crippen LogP contribution < -0.4 is 9.21 Å². The highest BCUT2D eigenvalue weighted by atomic mass is 35.5. The van der Waals surface area contributed by atoms with Crippen molar-refractivity contribution in [2.24, 2.45) is 5.28 Å². The standard InChI is InChI=1S/C16H15ClN4O5S/c1-26-18-21(23)10-16(22)19-11-20(15-5-3-2-4-14(15)19)27(24,25)13-8-6-12(17)7-9-13/h2-9H,10-11H2,1H3/b21-18+. The van der Waals surface area contributed by atoms with Crippen LogP contribution in [0.5, 0.6) is 0 Å². The van der Waals surface area contributed by atoms with Gasteiger partial charge in [0.25, 0.3) is 22.5 Å². The summed E-state index contributed by atoms with van der Waals surface area (Å²) in [6.45, 7) is -0.874. The van der Waals surface area contributed by atoms with Gasteiger partial charge in [-0.2, -0.15) is 0 Å². The smallest absolute Gasteiger partial charge is 0.298 e. The Morgan fingerprint density at radius 3 is 2.48 bits per heavy atom. The molecule has 0 aromatic heterocycles. The molecule has 9 nitrogen and oxygen atoms in total. The fraction of sp³-hybridized carbons (Fsp3) is 0.188. The summed E-state index contributed by atoms with van der Waals surface area (Å²) in [5.41, 5.74) is 0.716. The Morgan fingerprint density at radius 1 is 1.22 bits per heavy atom. The first-order valence-corrected chi connectivity index (χ1v) is 9.53. The summed E-state index contributed by atoms with van der Waals surface area (Å²) in [7, 11) is -2.75. The topological polar surface area (TPSA) is 105 Å². The number of halogens is 1. The molecule has 27 heavy (non-hydrogen) atoms. The Kier molecular flexibility index (Phi) is 5.19. The zero-order valence-electron chi connectivity index (χ0n) is 14.1. The highest BCUT2D eigenvalue weighted by molar-refractivity contribution is 7.92. The quantitative estimate of drug-likeness (QED) is 0.427. The summed E-state index contributed by atoms with van der Waals surface area (Å²) >= 11 is 5.83. The molecule has 0 fully saturated rings. The van der Waals surface area contributed by atoms with Crippen molar-refractivity contribution in [2.75, 3.05) is 29.5 Å². The zero-order chi connectivity index (χ0) is 19.6. The van der Waals surface area contributed by atoms with E-state index in [2.05, 4.69) is 10.1 Å². The van der Waals surface area contributed by atoms with E-state index in [4.69, 9.17) is 11.6 Å². The summed E-state index contributed by atoms with van der Waals surface area (Å²) in [4.78, 5) is 18.1. The van der Waals surface area contributed by atoms with Gasteiger partial charge in [0.15, 0.2) is 5.28 Å². The van der Waals surface area contributed by atoms with Crippen LogP contribution in [-0.4, -0.2) is 39.5 Å². The number of para-hydroxylation sites is 2. The molecule has 0 saturated carbocycles. The maximum Gasteiger partial charge on any atom is 0.298 e. The van der Waals surface area contributed by atoms with Crippen molar-refractivity contribution in [3.63, 3.8) is 0 Å². The number of carbonyl (C=O) groups is 1. The van der Waals surface area contributed by atoms with E-state index >= 15 is 0 Å². The molecule has 0 unspecified atom stereocenters. The largest absolute Gasteiger partial charge is 0.597 e. The Bertz CT molecular complexity index is 994. The Hall–Kier alpha value is -2.85. The van der Waals surface area contributed by atoms with Crippen LogP contribution in [0, 0.1) is 5.21 Å². The van der Waals surface area contributed by atoms with Crippen LogP contribution in [0.15, 0.2) is 58.7 Å². The monoisotopic (exact) mass is 410 g/mol. The summed E-state index contributed by atoms with van der Waals surface area (Å²) in [6.07, 6.45) is 0. The molecule has 11 heteroatoms. The molecular formula is C16H15ClN4O5S. The molecule has 0 saturated heterocycles. The lowest BCUT2D eigenvalue weighted by atomic mass is 10.2. The third-order valence-electron chi connectivity index (χ3n) is 3.86. The Balaban J connectivity index is 1.96. The normalized spacial score (nSPS) is 14.2. The fourth-order valence-electron chi connectivity index (χ4n) is 2.66. The molecule has 0 radical (unpaired) electrons. The number of rotatable bonds is 5. The van der Waals surface area contributed by atoms with Crippen LogP contribution in [0.2, 0.25) is 5.02 Å². The van der Waals surface area contributed by atoms with E-state index in [1.807, 2.05) is 0 Å². The van der Waals surface area contributed by atoms with E-state index in [1.165, 1.54) is 36.3 Å². The van der Waals surface area contributed by atoms with Gasteiger partial charge in [-0.15, -0.1) is 0 Å². The maximum absolute atomic E-state index is 13.0. The third kappa shape index (κ3) is 3.67. The van der Waals surface area contributed by atoms with Gasteiger partial charge in [0.05, 0.1) is 16.3 Å². The number of hydrogen-bond donors (Lipinski definition) is 0. The highest BCUT2D eigenvalue weighted by Crippen LogP contribution is 2.39. The minimum absolute atomic E-state index is 0.0378. The average molecular weight is 411 g/mol. The van der Waals surface area contributed by atoms with Gasteiger partial charge in [0.2, 0.25) is 0 Å². The second kappa shape index (κ2) is 7.41. The van der Waals surface area contributed by atoms with Crippen LogP contribution in [-0.2, 0) is 19.7 Å². The number of hydroxylamine groups is 1. The van der Waals surface area contributed by atoms with Crippen LogP contribution >= 0.6 is 11.6 Å². The molecule has 0 bridgehead atoms. The first kappa shape index (κ1) is 18.9. The number of fused-ring (bicyclic) bond motifs is 1. The van der Waals surface area contributed by atoms with Gasteiger partial charge < -0.3 is 10.0 Å². The van der Waals surface area contributed by atoms with E-state index in [0.29, 0.717) is 16.4 Å². The molecule has 1 aliphatic heterocycles. The predicted octanol–water partition coefficient (Wildman–Crippen LogP) is 2.36. The lowest BCUT2D eigenvalue weighted by Gasteiger charge is -2.20. The molecule has 1 aliphatic rings. The molecule has 1 heterocycles. The first-order chi connectivity index (χ1) is 12.8. The molecule has 0 N–H and O–H groups in total. The molecule has 0 aliphatic carbocycles. The second-order valence-corrected chi connectivity index (χ2v) is 7.83. The fourth-order valence-corrected chi connectivity index (χ4v) is 4.20. The van der Waals surface area contributed by atoms with E-state index in [-0.39, 0.29) is 16.4 Å². The van der Waals surface area contributed by atoms with Crippen molar-refractivity contribution in [2.45, 2.75) is 4.90 Å². The molecule has 2 aromatic carbocycles. The van der Waals surface area contributed by atoms with Gasteiger partial charge in [-0.3, -0.25) is 9.69 Å². The van der Waals surface area contributed by atoms with E-state index in [0.717, 1.165) is 4.31 Å². The number of amides is 1. The van der Waals surface area contributed by atoms with Gasteiger partial charge in [0.1, 0.15) is 13.8 Å². The predicted molar refractivity (Wildman–Crippen MR) is 97.8 cm³/mol. The number of hydrogen-bond acceptors (Lipinski definition) is 6. The maximum atomic E-state index is 13.0. The van der Waals surface area contributed by atoms with E-state index in [1.54, 1.807) is 24.3 Å². The van der Waals surface area contributed by atoms with Gasteiger partial charge in [-0.05, 0) is 41.3 Å². The lowest BCUT2D eigenvalue weighted by molar-refractivity contribution is -0.546. The SMILES string of the molecule is CO/N=[N+](/[O-])CC(=O)N1CN(S(=O)(=O)c2ccc(Cl)cc2)c2ccccc21. The summed E-state index contributed by atoms with van der Waals surface area (Å²) in [5.74, 6) is -0.618. The Labute approximate surface area is 160 Å². The Morgan fingerprint density at radius 2 is 1.85 bits per heavy atom. The molecule has 1 amide bonds. The molecule has 0 spiro atoms. The summed E-state index contributed by atoms with van der Waals surface area (Å²) < 4.78 is 27.2.